The van der Waals surface area contributed by atoms with Crippen molar-refractivity contribution in [2.45, 2.75) is 33.2 Å². The Morgan fingerprint density at radius 1 is 1.47 bits per heavy atom. The quantitative estimate of drug-likeness (QED) is 0.867. The molecule has 0 aliphatic rings. The summed E-state index contributed by atoms with van der Waals surface area (Å²) in [7, 11) is 0. The summed E-state index contributed by atoms with van der Waals surface area (Å²) in [5.74, 6) is 0.0287. The van der Waals surface area contributed by atoms with Gasteiger partial charge in [0.15, 0.2) is 0 Å². The molecule has 0 fully saturated rings. The van der Waals surface area contributed by atoms with Crippen molar-refractivity contribution >= 4 is 27.5 Å². The predicted octanol–water partition coefficient (Wildman–Crippen LogP) is 3.29. The van der Waals surface area contributed by atoms with Crippen LogP contribution in [0.2, 0.25) is 0 Å². The van der Waals surface area contributed by atoms with Crippen molar-refractivity contribution in [2.24, 2.45) is 0 Å². The molecule has 1 aromatic rings. The van der Waals surface area contributed by atoms with Crippen LogP contribution < -0.4 is 5.73 Å². The first-order valence-electron chi connectivity index (χ1n) is 5.84. The Labute approximate surface area is 111 Å². The van der Waals surface area contributed by atoms with Crippen LogP contribution in [0.15, 0.2) is 22.7 Å². The molecule has 3 nitrogen and oxygen atoms in total. The van der Waals surface area contributed by atoms with Crippen LogP contribution in [-0.2, 0) is 0 Å². The Morgan fingerprint density at radius 2 is 2.12 bits per heavy atom. The molecular formula is C13H19BrN2O. The number of halogens is 1. The zero-order chi connectivity index (χ0) is 13.0. The lowest BCUT2D eigenvalue weighted by Crippen LogP contribution is -2.37. The molecule has 1 aromatic carbocycles. The van der Waals surface area contributed by atoms with Crippen LogP contribution in [0.4, 0.5) is 5.69 Å². The van der Waals surface area contributed by atoms with Gasteiger partial charge in [-0.25, -0.2) is 0 Å². The molecule has 0 aliphatic carbocycles. The van der Waals surface area contributed by atoms with Crippen molar-refractivity contribution in [1.29, 1.82) is 0 Å². The zero-order valence-corrected chi connectivity index (χ0v) is 12.1. The highest BCUT2D eigenvalue weighted by Gasteiger charge is 2.20. The molecule has 0 bridgehead atoms. The summed E-state index contributed by atoms with van der Waals surface area (Å²) >= 11 is 3.38. The lowest BCUT2D eigenvalue weighted by Gasteiger charge is -2.27. The van der Waals surface area contributed by atoms with Gasteiger partial charge in [-0.3, -0.25) is 4.79 Å². The number of amides is 1. The lowest BCUT2D eigenvalue weighted by molar-refractivity contribution is 0.0705. The summed E-state index contributed by atoms with van der Waals surface area (Å²) in [6.45, 7) is 6.87. The van der Waals surface area contributed by atoms with Crippen LogP contribution in [0.5, 0.6) is 0 Å². The number of benzene rings is 1. The number of nitrogen functional groups attached to an aromatic ring is 1. The van der Waals surface area contributed by atoms with Gasteiger partial charge >= 0.3 is 0 Å². The van der Waals surface area contributed by atoms with E-state index in [1.165, 1.54) is 0 Å². The van der Waals surface area contributed by atoms with E-state index in [0.717, 1.165) is 13.0 Å². The van der Waals surface area contributed by atoms with E-state index in [1.54, 1.807) is 18.2 Å². The van der Waals surface area contributed by atoms with Gasteiger partial charge in [0.2, 0.25) is 0 Å². The van der Waals surface area contributed by atoms with Crippen LogP contribution in [0.3, 0.4) is 0 Å². The number of carbonyl (C=O) groups is 1. The van der Waals surface area contributed by atoms with E-state index in [1.807, 2.05) is 18.7 Å². The first-order valence-corrected chi connectivity index (χ1v) is 6.63. The maximum Gasteiger partial charge on any atom is 0.255 e. The molecule has 0 heterocycles. The standard InChI is InChI=1S/C13H19BrN2O/c1-4-8-16(9(2)3)13(17)10-6-5-7-11(15)12(10)14/h5-7,9H,4,8,15H2,1-3H3. The average molecular weight is 299 g/mol. The number of hydrogen-bond donors (Lipinski definition) is 1. The van der Waals surface area contributed by atoms with E-state index in [-0.39, 0.29) is 11.9 Å². The molecule has 1 rings (SSSR count). The molecule has 4 heteroatoms. The van der Waals surface area contributed by atoms with E-state index < -0.39 is 0 Å². The molecule has 94 valence electrons. The second-order valence-corrected chi connectivity index (χ2v) is 5.09. The first-order chi connectivity index (χ1) is 7.99. The highest BCUT2D eigenvalue weighted by Crippen LogP contribution is 2.25. The third-order valence-electron chi connectivity index (χ3n) is 2.61. The average Bonchev–Trinajstić information content (AvgIpc) is 2.28. The maximum absolute atomic E-state index is 12.4. The molecule has 2 N–H and O–H groups in total. The van der Waals surface area contributed by atoms with Crippen LogP contribution >= 0.6 is 15.9 Å². The largest absolute Gasteiger partial charge is 0.398 e. The summed E-state index contributed by atoms with van der Waals surface area (Å²) in [5.41, 5.74) is 7.02. The van der Waals surface area contributed by atoms with E-state index in [9.17, 15) is 4.79 Å². The van der Waals surface area contributed by atoms with Crippen molar-refractivity contribution in [2.75, 3.05) is 12.3 Å². The normalized spacial score (nSPS) is 10.6. The van der Waals surface area contributed by atoms with Crippen LogP contribution in [0.1, 0.15) is 37.6 Å². The fourth-order valence-corrected chi connectivity index (χ4v) is 2.14. The third-order valence-corrected chi connectivity index (χ3v) is 3.49. The molecule has 0 saturated heterocycles. The van der Waals surface area contributed by atoms with Crippen molar-refractivity contribution in [3.05, 3.63) is 28.2 Å². The van der Waals surface area contributed by atoms with Gasteiger partial charge in [0, 0.05) is 18.3 Å². The van der Waals surface area contributed by atoms with E-state index in [0.29, 0.717) is 15.7 Å². The van der Waals surface area contributed by atoms with E-state index in [2.05, 4.69) is 22.9 Å². The minimum atomic E-state index is 0.0287. The molecule has 1 amide bonds. The van der Waals surface area contributed by atoms with Crippen molar-refractivity contribution in [3.8, 4) is 0 Å². The van der Waals surface area contributed by atoms with Crippen molar-refractivity contribution in [3.63, 3.8) is 0 Å². The van der Waals surface area contributed by atoms with Crippen molar-refractivity contribution in [1.82, 2.24) is 4.90 Å². The topological polar surface area (TPSA) is 46.3 Å². The van der Waals surface area contributed by atoms with Crippen LogP contribution in [0, 0.1) is 0 Å². The summed E-state index contributed by atoms with van der Waals surface area (Å²) in [6.07, 6.45) is 0.948. The molecule has 0 saturated carbocycles. The number of nitrogens with two attached hydrogens (primary N) is 1. The summed E-state index contributed by atoms with van der Waals surface area (Å²) < 4.78 is 0.687. The van der Waals surface area contributed by atoms with E-state index in [4.69, 9.17) is 5.73 Å². The fraction of sp³-hybridized carbons (Fsp3) is 0.462. The number of rotatable bonds is 4. The van der Waals surface area contributed by atoms with Gasteiger partial charge in [-0.15, -0.1) is 0 Å². The molecule has 0 aliphatic heterocycles. The highest BCUT2D eigenvalue weighted by atomic mass is 79.9. The van der Waals surface area contributed by atoms with Gasteiger partial charge in [-0.05, 0) is 48.3 Å². The summed E-state index contributed by atoms with van der Waals surface area (Å²) in [4.78, 5) is 14.3. The summed E-state index contributed by atoms with van der Waals surface area (Å²) in [6, 6.07) is 5.57. The van der Waals surface area contributed by atoms with Gasteiger partial charge in [0.25, 0.3) is 5.91 Å². The molecule has 17 heavy (non-hydrogen) atoms. The Balaban J connectivity index is 3.05. The maximum atomic E-state index is 12.4. The van der Waals surface area contributed by atoms with Crippen LogP contribution in [0.25, 0.3) is 0 Å². The lowest BCUT2D eigenvalue weighted by atomic mass is 10.1. The van der Waals surface area contributed by atoms with Crippen molar-refractivity contribution < 1.29 is 4.79 Å². The number of anilines is 1. The second-order valence-electron chi connectivity index (χ2n) is 4.30. The van der Waals surface area contributed by atoms with Gasteiger partial charge in [-0.2, -0.15) is 0 Å². The molecular weight excluding hydrogens is 280 g/mol. The Kier molecular flexibility index (Phi) is 5.00. The second kappa shape index (κ2) is 6.05. The Hall–Kier alpha value is -1.03. The number of nitrogens with zero attached hydrogens (tertiary/aromatic N) is 1. The molecule has 0 atom stereocenters. The monoisotopic (exact) mass is 298 g/mol. The van der Waals surface area contributed by atoms with Gasteiger partial charge in [0.1, 0.15) is 0 Å². The van der Waals surface area contributed by atoms with E-state index >= 15 is 0 Å². The fourth-order valence-electron chi connectivity index (χ4n) is 1.70. The Bertz CT molecular complexity index is 404. The SMILES string of the molecule is CCCN(C(=O)c1cccc(N)c1Br)C(C)C. The van der Waals surface area contributed by atoms with Gasteiger partial charge < -0.3 is 10.6 Å². The molecule has 0 radical (unpaired) electrons. The Morgan fingerprint density at radius 3 is 2.65 bits per heavy atom. The van der Waals surface area contributed by atoms with Gasteiger partial charge in [-0.1, -0.05) is 13.0 Å². The van der Waals surface area contributed by atoms with Crippen LogP contribution in [-0.4, -0.2) is 23.4 Å². The minimum Gasteiger partial charge on any atom is -0.398 e. The molecule has 0 spiro atoms. The predicted molar refractivity (Wildman–Crippen MR) is 75.0 cm³/mol. The number of hydrogen-bond acceptors (Lipinski definition) is 2. The third kappa shape index (κ3) is 3.22. The molecule has 0 unspecified atom stereocenters. The zero-order valence-electron chi connectivity index (χ0n) is 10.5. The first kappa shape index (κ1) is 14.0. The number of carbonyl (C=O) groups excluding carboxylic acids is 1. The van der Waals surface area contributed by atoms with Gasteiger partial charge in [0.05, 0.1) is 10.0 Å². The smallest absolute Gasteiger partial charge is 0.255 e. The molecule has 0 aromatic heterocycles. The highest BCUT2D eigenvalue weighted by molar-refractivity contribution is 9.10. The minimum absolute atomic E-state index is 0.0287. The summed E-state index contributed by atoms with van der Waals surface area (Å²) in [5, 5.41) is 0.